The van der Waals surface area contributed by atoms with Gasteiger partial charge in [-0.3, -0.25) is 0 Å². The topological polar surface area (TPSA) is 58.6 Å². The van der Waals surface area contributed by atoms with Crippen LogP contribution in [0, 0.1) is 0 Å². The summed E-state index contributed by atoms with van der Waals surface area (Å²) in [6.07, 6.45) is -0.348. The lowest BCUT2D eigenvalue weighted by Crippen LogP contribution is -2.27. The normalized spacial score (nSPS) is 10.4. The van der Waals surface area contributed by atoms with Gasteiger partial charge in [0.1, 0.15) is 6.61 Å². The maximum absolute atomic E-state index is 11.2. The first-order valence-corrected chi connectivity index (χ1v) is 10.8. The summed E-state index contributed by atoms with van der Waals surface area (Å²) in [7, 11) is 0. The predicted octanol–water partition coefficient (Wildman–Crippen LogP) is 2.57. The Morgan fingerprint density at radius 3 is 2.63 bits per heavy atom. The van der Waals surface area contributed by atoms with Gasteiger partial charge in [-0.2, -0.15) is 23.5 Å². The van der Waals surface area contributed by atoms with Crippen molar-refractivity contribution < 1.29 is 14.6 Å². The number of alkyl carbamates (subject to hydrolysis) is 1. The molecule has 8 heteroatoms. The highest BCUT2D eigenvalue weighted by atomic mass is 32.2. The molecule has 0 bridgehead atoms. The molecular weight excluding hydrogens is 322 g/mol. The minimum atomic E-state index is -0.348. The van der Waals surface area contributed by atoms with Crippen LogP contribution in [0.5, 0.6) is 0 Å². The van der Waals surface area contributed by atoms with Gasteiger partial charge in [-0.25, -0.2) is 4.79 Å². The average molecular weight is 346 g/mol. The molecule has 0 fully saturated rings. The Morgan fingerprint density at radius 1 is 1.11 bits per heavy atom. The molecule has 0 aromatic rings. The van der Waals surface area contributed by atoms with Crippen LogP contribution < -0.4 is 5.32 Å². The smallest absolute Gasteiger partial charge is 0.407 e. The zero-order valence-corrected chi connectivity index (χ0v) is 14.5. The molecule has 4 nitrogen and oxygen atoms in total. The first-order chi connectivity index (χ1) is 9.31. The summed E-state index contributed by atoms with van der Waals surface area (Å²) in [5.41, 5.74) is 0. The SMILES string of the molecule is CCSCSCSCCOC(=O)NCCSCCO. The van der Waals surface area contributed by atoms with E-state index in [0.29, 0.717) is 18.9 Å². The van der Waals surface area contributed by atoms with Crippen LogP contribution in [0.4, 0.5) is 4.79 Å². The van der Waals surface area contributed by atoms with Crippen molar-refractivity contribution in [3.8, 4) is 0 Å². The van der Waals surface area contributed by atoms with Crippen molar-refractivity contribution >= 4 is 53.1 Å². The van der Waals surface area contributed by atoms with Gasteiger partial charge in [-0.05, 0) is 5.75 Å². The van der Waals surface area contributed by atoms with Crippen LogP contribution in [0.25, 0.3) is 0 Å². The lowest BCUT2D eigenvalue weighted by atomic mass is 10.7. The molecular formula is C11H23NO3S4. The summed E-state index contributed by atoms with van der Waals surface area (Å²) in [6.45, 7) is 3.39. The number of ether oxygens (including phenoxy) is 1. The summed E-state index contributed by atoms with van der Waals surface area (Å²) in [5, 5.41) is 13.4. The fourth-order valence-electron chi connectivity index (χ4n) is 0.930. The van der Waals surface area contributed by atoms with E-state index in [4.69, 9.17) is 9.84 Å². The summed E-state index contributed by atoms with van der Waals surface area (Å²) in [5.74, 6) is 3.52. The number of amides is 1. The van der Waals surface area contributed by atoms with Gasteiger partial charge in [0.2, 0.25) is 0 Å². The third-order valence-electron chi connectivity index (χ3n) is 1.75. The van der Waals surface area contributed by atoms with Crippen molar-refractivity contribution in [2.45, 2.75) is 6.92 Å². The van der Waals surface area contributed by atoms with E-state index >= 15 is 0 Å². The monoisotopic (exact) mass is 345 g/mol. The highest BCUT2D eigenvalue weighted by Gasteiger charge is 2.00. The van der Waals surface area contributed by atoms with Crippen LogP contribution in [-0.2, 0) is 4.74 Å². The quantitative estimate of drug-likeness (QED) is 0.393. The van der Waals surface area contributed by atoms with Gasteiger partial charge in [-0.1, -0.05) is 6.92 Å². The van der Waals surface area contributed by atoms with Gasteiger partial charge in [0.25, 0.3) is 0 Å². The van der Waals surface area contributed by atoms with E-state index < -0.39 is 0 Å². The molecule has 0 aliphatic heterocycles. The lowest BCUT2D eigenvalue weighted by Gasteiger charge is -2.06. The standard InChI is InChI=1S/C11H23NO3S4/c1-2-16-9-19-10-18-8-5-15-11(14)12-3-6-17-7-4-13/h13H,2-10H2,1H3,(H,12,14). The van der Waals surface area contributed by atoms with Crippen LogP contribution in [0.1, 0.15) is 6.92 Å². The fraction of sp³-hybridized carbons (Fsp3) is 0.909. The number of hydrogen-bond acceptors (Lipinski definition) is 7. The molecule has 0 saturated carbocycles. The number of nitrogens with one attached hydrogen (secondary N) is 1. The highest BCUT2D eigenvalue weighted by Crippen LogP contribution is 2.16. The van der Waals surface area contributed by atoms with Crippen molar-refractivity contribution in [3.05, 3.63) is 0 Å². The number of aliphatic hydroxyl groups is 1. The Morgan fingerprint density at radius 2 is 1.89 bits per heavy atom. The molecule has 0 radical (unpaired) electrons. The highest BCUT2D eigenvalue weighted by molar-refractivity contribution is 8.22. The van der Waals surface area contributed by atoms with Gasteiger partial charge in [-0.15, -0.1) is 23.5 Å². The maximum Gasteiger partial charge on any atom is 0.407 e. The van der Waals surface area contributed by atoms with Gasteiger partial charge in [0, 0.05) is 34.0 Å². The Balaban J connectivity index is 3.12. The van der Waals surface area contributed by atoms with Gasteiger partial charge >= 0.3 is 6.09 Å². The number of hydrogen-bond donors (Lipinski definition) is 2. The second-order valence-electron chi connectivity index (χ2n) is 3.24. The molecule has 0 unspecified atom stereocenters. The zero-order valence-electron chi connectivity index (χ0n) is 11.3. The fourth-order valence-corrected chi connectivity index (χ4v) is 4.68. The van der Waals surface area contributed by atoms with E-state index in [9.17, 15) is 4.79 Å². The summed E-state index contributed by atoms with van der Waals surface area (Å²) < 4.78 is 5.03. The average Bonchev–Trinajstić information content (AvgIpc) is 2.41. The lowest BCUT2D eigenvalue weighted by molar-refractivity contribution is 0.154. The molecule has 0 spiro atoms. The van der Waals surface area contributed by atoms with Crippen LogP contribution in [0.15, 0.2) is 0 Å². The number of carbonyl (C=O) groups excluding carboxylic acids is 1. The number of carbonyl (C=O) groups is 1. The second-order valence-corrected chi connectivity index (χ2v) is 8.56. The summed E-state index contributed by atoms with van der Waals surface area (Å²) in [6, 6.07) is 0. The van der Waals surface area contributed by atoms with Crippen molar-refractivity contribution in [3.63, 3.8) is 0 Å². The van der Waals surface area contributed by atoms with Gasteiger partial charge in [0.15, 0.2) is 0 Å². The van der Waals surface area contributed by atoms with Crippen molar-refractivity contribution in [2.75, 3.05) is 52.9 Å². The molecule has 1 amide bonds. The number of thioether (sulfide) groups is 4. The van der Waals surface area contributed by atoms with Crippen molar-refractivity contribution in [1.82, 2.24) is 5.32 Å². The molecule has 0 saturated heterocycles. The molecule has 0 atom stereocenters. The molecule has 19 heavy (non-hydrogen) atoms. The Hall–Kier alpha value is 0.630. The van der Waals surface area contributed by atoms with Crippen molar-refractivity contribution in [2.24, 2.45) is 0 Å². The first-order valence-electron chi connectivity index (χ1n) is 6.13. The van der Waals surface area contributed by atoms with Gasteiger partial charge < -0.3 is 15.2 Å². The molecule has 0 rings (SSSR count). The van der Waals surface area contributed by atoms with E-state index in [0.717, 1.165) is 27.4 Å². The Bertz CT molecular complexity index is 210. The second kappa shape index (κ2) is 16.7. The largest absolute Gasteiger partial charge is 0.449 e. The van der Waals surface area contributed by atoms with Gasteiger partial charge in [0.05, 0.1) is 6.61 Å². The molecule has 0 heterocycles. The summed E-state index contributed by atoms with van der Waals surface area (Å²) in [4.78, 5) is 11.2. The van der Waals surface area contributed by atoms with E-state index in [1.54, 1.807) is 23.5 Å². The molecule has 0 aliphatic rings. The van der Waals surface area contributed by atoms with Crippen LogP contribution in [0.2, 0.25) is 0 Å². The van der Waals surface area contributed by atoms with Crippen LogP contribution in [-0.4, -0.2) is 64.1 Å². The van der Waals surface area contributed by atoms with Crippen LogP contribution >= 0.6 is 47.0 Å². The minimum Gasteiger partial charge on any atom is -0.449 e. The van der Waals surface area contributed by atoms with E-state index in [-0.39, 0.29) is 12.7 Å². The van der Waals surface area contributed by atoms with E-state index in [1.807, 2.05) is 23.5 Å². The van der Waals surface area contributed by atoms with E-state index in [2.05, 4.69) is 12.2 Å². The maximum atomic E-state index is 11.2. The third-order valence-corrected chi connectivity index (χ3v) is 6.24. The molecule has 114 valence electrons. The minimum absolute atomic E-state index is 0.182. The zero-order chi connectivity index (χ0) is 14.2. The van der Waals surface area contributed by atoms with Crippen LogP contribution in [0.3, 0.4) is 0 Å². The molecule has 0 aliphatic carbocycles. The molecule has 2 N–H and O–H groups in total. The third kappa shape index (κ3) is 16.6. The predicted molar refractivity (Wildman–Crippen MR) is 91.7 cm³/mol. The summed E-state index contributed by atoms with van der Waals surface area (Å²) >= 11 is 7.23. The van der Waals surface area contributed by atoms with E-state index in [1.165, 1.54) is 0 Å². The Labute approximate surface area is 133 Å². The van der Waals surface area contributed by atoms with Crippen molar-refractivity contribution in [1.29, 1.82) is 0 Å². The first kappa shape index (κ1) is 19.6. The molecule has 0 aromatic carbocycles. The molecule has 0 aromatic heterocycles. The Kier molecular flexibility index (Phi) is 17.2. The number of rotatable bonds is 13. The number of aliphatic hydroxyl groups excluding tert-OH is 1.